The van der Waals surface area contributed by atoms with Gasteiger partial charge in [-0.05, 0) is 52.7 Å². The van der Waals surface area contributed by atoms with Crippen LogP contribution in [0, 0.1) is 6.92 Å². The first kappa shape index (κ1) is 20.3. The summed E-state index contributed by atoms with van der Waals surface area (Å²) in [6.45, 7) is 5.40. The second-order valence-electron chi connectivity index (χ2n) is 5.95. The van der Waals surface area contributed by atoms with Crippen molar-refractivity contribution in [1.29, 1.82) is 0 Å². The van der Waals surface area contributed by atoms with Crippen molar-refractivity contribution in [3.05, 3.63) is 71.4 Å². The molecule has 2 N–H and O–H groups in total. The molecule has 7 nitrogen and oxygen atoms in total. The number of nitrogens with zero attached hydrogens (tertiary/aromatic N) is 2. The van der Waals surface area contributed by atoms with E-state index in [1.165, 1.54) is 6.08 Å². The van der Waals surface area contributed by atoms with Crippen molar-refractivity contribution in [3.63, 3.8) is 0 Å². The third-order valence-electron chi connectivity index (χ3n) is 3.88. The van der Waals surface area contributed by atoms with Crippen molar-refractivity contribution in [1.82, 2.24) is 9.97 Å². The van der Waals surface area contributed by atoms with Crippen LogP contribution in [0.3, 0.4) is 0 Å². The average molecular weight is 455 g/mol. The van der Waals surface area contributed by atoms with Crippen molar-refractivity contribution in [2.75, 3.05) is 17.7 Å². The number of methoxy groups -OCH3 is 1. The first-order chi connectivity index (χ1) is 14.0. The molecule has 0 spiro atoms. The molecule has 3 aromatic rings. The normalized spacial score (nSPS) is 10.2. The Morgan fingerprint density at radius 3 is 2.79 bits per heavy atom. The van der Waals surface area contributed by atoms with E-state index in [1.807, 2.05) is 25.1 Å². The largest absolute Gasteiger partial charge is 0.494 e. The smallest absolute Gasteiger partial charge is 0.247 e. The minimum Gasteiger partial charge on any atom is -0.494 e. The molecule has 1 amide bonds. The number of aromatic nitrogens is 2. The van der Waals surface area contributed by atoms with Gasteiger partial charge in [0, 0.05) is 11.8 Å². The van der Waals surface area contributed by atoms with Gasteiger partial charge >= 0.3 is 0 Å². The number of hydrogen-bond acceptors (Lipinski definition) is 6. The minimum absolute atomic E-state index is 0.302. The monoisotopic (exact) mass is 454 g/mol. The molecule has 29 heavy (non-hydrogen) atoms. The third kappa shape index (κ3) is 5.11. The van der Waals surface area contributed by atoms with Crippen molar-refractivity contribution < 1.29 is 14.3 Å². The second-order valence-corrected chi connectivity index (χ2v) is 6.81. The molecular weight excluding hydrogens is 436 g/mol. The van der Waals surface area contributed by atoms with Crippen LogP contribution >= 0.6 is 15.9 Å². The van der Waals surface area contributed by atoms with E-state index in [0.717, 1.165) is 11.3 Å². The van der Waals surface area contributed by atoms with Crippen molar-refractivity contribution in [2.45, 2.75) is 6.92 Å². The van der Waals surface area contributed by atoms with Crippen LogP contribution in [-0.2, 0) is 4.79 Å². The number of benzene rings is 2. The Morgan fingerprint density at radius 1 is 1.24 bits per heavy atom. The van der Waals surface area contributed by atoms with Gasteiger partial charge in [-0.3, -0.25) is 4.79 Å². The van der Waals surface area contributed by atoms with Gasteiger partial charge < -0.3 is 20.1 Å². The maximum atomic E-state index is 11.5. The number of anilines is 3. The molecule has 0 unspecified atom stereocenters. The molecule has 0 atom stereocenters. The van der Waals surface area contributed by atoms with Crippen molar-refractivity contribution in [2.24, 2.45) is 0 Å². The molecule has 0 radical (unpaired) electrons. The number of amides is 1. The summed E-state index contributed by atoms with van der Waals surface area (Å²) in [7, 11) is 1.61. The number of carbonyl (C=O) groups excluding carboxylic acids is 1. The molecule has 3 rings (SSSR count). The molecule has 0 aliphatic rings. The molecule has 1 heterocycles. The Hall–Kier alpha value is -3.39. The first-order valence-electron chi connectivity index (χ1n) is 8.64. The first-order valence-corrected chi connectivity index (χ1v) is 9.44. The Kier molecular flexibility index (Phi) is 6.46. The zero-order valence-electron chi connectivity index (χ0n) is 15.9. The van der Waals surface area contributed by atoms with Crippen LogP contribution in [0.2, 0.25) is 0 Å². The lowest BCUT2D eigenvalue weighted by atomic mass is 10.2. The van der Waals surface area contributed by atoms with E-state index < -0.39 is 0 Å². The fraction of sp³-hybridized carbons (Fsp3) is 0.0952. The number of carbonyl (C=O) groups is 1. The van der Waals surface area contributed by atoms with Crippen LogP contribution in [0.5, 0.6) is 17.4 Å². The zero-order chi connectivity index (χ0) is 20.8. The molecule has 0 aliphatic heterocycles. The lowest BCUT2D eigenvalue weighted by Crippen LogP contribution is -2.07. The summed E-state index contributed by atoms with van der Waals surface area (Å²) in [5.41, 5.74) is 2.32. The maximum Gasteiger partial charge on any atom is 0.247 e. The van der Waals surface area contributed by atoms with E-state index in [0.29, 0.717) is 33.5 Å². The summed E-state index contributed by atoms with van der Waals surface area (Å²) >= 11 is 3.40. The molecule has 0 aliphatic carbocycles. The molecule has 0 bridgehead atoms. The zero-order valence-corrected chi connectivity index (χ0v) is 17.5. The predicted molar refractivity (Wildman–Crippen MR) is 116 cm³/mol. The van der Waals surface area contributed by atoms with Gasteiger partial charge in [0.05, 0.1) is 23.5 Å². The second kappa shape index (κ2) is 9.20. The summed E-state index contributed by atoms with van der Waals surface area (Å²) in [5, 5.41) is 5.83. The highest BCUT2D eigenvalue weighted by Gasteiger charge is 2.12. The van der Waals surface area contributed by atoms with Gasteiger partial charge in [-0.1, -0.05) is 24.8 Å². The highest BCUT2D eigenvalue weighted by Crippen LogP contribution is 2.32. The van der Waals surface area contributed by atoms with Crippen molar-refractivity contribution in [3.8, 4) is 17.4 Å². The fourth-order valence-corrected chi connectivity index (χ4v) is 2.84. The summed E-state index contributed by atoms with van der Waals surface area (Å²) < 4.78 is 11.9. The number of hydrogen-bond donors (Lipinski definition) is 2. The minimum atomic E-state index is -0.302. The van der Waals surface area contributed by atoms with Crippen LogP contribution < -0.4 is 20.1 Å². The van der Waals surface area contributed by atoms with E-state index in [4.69, 9.17) is 9.47 Å². The Morgan fingerprint density at radius 2 is 2.03 bits per heavy atom. The Balaban J connectivity index is 1.83. The standard InChI is InChI=1S/C21H19BrN4O3/c1-4-18(27)24-14-8-6-9-15(11-14)29-20-16(22)12-23-21(26-20)25-17-10-5-7-13(2)19(17)28-3/h4-12H,1H2,2-3H3,(H,24,27)(H,23,25,26). The number of para-hydroxylation sites is 1. The van der Waals surface area contributed by atoms with Gasteiger partial charge in [0.15, 0.2) is 0 Å². The molecule has 8 heteroatoms. The van der Waals surface area contributed by atoms with Crippen LogP contribution in [0.4, 0.5) is 17.3 Å². The number of aryl methyl sites for hydroxylation is 1. The fourth-order valence-electron chi connectivity index (χ4n) is 2.57. The number of ether oxygens (including phenoxy) is 2. The molecule has 0 saturated carbocycles. The van der Waals surface area contributed by atoms with Crippen LogP contribution in [0.1, 0.15) is 5.56 Å². The lowest BCUT2D eigenvalue weighted by Gasteiger charge is -2.13. The highest BCUT2D eigenvalue weighted by molar-refractivity contribution is 9.10. The van der Waals surface area contributed by atoms with Crippen LogP contribution in [-0.4, -0.2) is 23.0 Å². The third-order valence-corrected chi connectivity index (χ3v) is 4.42. The van der Waals surface area contributed by atoms with E-state index in [9.17, 15) is 4.79 Å². The van der Waals surface area contributed by atoms with Gasteiger partial charge in [-0.15, -0.1) is 0 Å². The topological polar surface area (TPSA) is 85.4 Å². The van der Waals surface area contributed by atoms with Gasteiger partial charge in [0.2, 0.25) is 17.7 Å². The molecule has 148 valence electrons. The molecular formula is C21H19BrN4O3. The Labute approximate surface area is 176 Å². The molecule has 2 aromatic carbocycles. The van der Waals surface area contributed by atoms with Gasteiger partial charge in [-0.25, -0.2) is 4.98 Å². The summed E-state index contributed by atoms with van der Waals surface area (Å²) in [6.07, 6.45) is 2.79. The van der Waals surface area contributed by atoms with Crippen molar-refractivity contribution >= 4 is 39.2 Å². The molecule has 0 fully saturated rings. The maximum absolute atomic E-state index is 11.5. The molecule has 0 saturated heterocycles. The number of halogens is 1. The van der Waals surface area contributed by atoms with E-state index in [2.05, 4.69) is 43.1 Å². The van der Waals surface area contributed by atoms with E-state index in [-0.39, 0.29) is 5.91 Å². The average Bonchev–Trinajstić information content (AvgIpc) is 2.71. The predicted octanol–water partition coefficient (Wildman–Crippen LogP) is 5.22. The van der Waals surface area contributed by atoms with E-state index in [1.54, 1.807) is 37.6 Å². The van der Waals surface area contributed by atoms with Crippen LogP contribution in [0.15, 0.2) is 65.8 Å². The highest BCUT2D eigenvalue weighted by atomic mass is 79.9. The molecule has 1 aromatic heterocycles. The van der Waals surface area contributed by atoms with Gasteiger partial charge in [0.1, 0.15) is 11.5 Å². The Bertz CT molecular complexity index is 1060. The van der Waals surface area contributed by atoms with Crippen LogP contribution in [0.25, 0.3) is 0 Å². The van der Waals surface area contributed by atoms with E-state index >= 15 is 0 Å². The van der Waals surface area contributed by atoms with Gasteiger partial charge in [0.25, 0.3) is 0 Å². The summed E-state index contributed by atoms with van der Waals surface area (Å²) in [6, 6.07) is 12.7. The summed E-state index contributed by atoms with van der Waals surface area (Å²) in [4.78, 5) is 20.2. The van der Waals surface area contributed by atoms with Gasteiger partial charge in [-0.2, -0.15) is 4.98 Å². The quantitative estimate of drug-likeness (QED) is 0.476. The number of rotatable bonds is 7. The number of nitrogens with one attached hydrogen (secondary N) is 2. The summed E-state index contributed by atoms with van der Waals surface area (Å²) in [5.74, 6) is 1.59. The lowest BCUT2D eigenvalue weighted by molar-refractivity contribution is -0.111. The SMILES string of the molecule is C=CC(=O)Nc1cccc(Oc2nc(Nc3cccc(C)c3OC)ncc2Br)c1.